The molecule has 1 aromatic heterocycles. The molecule has 0 saturated carbocycles. The Balaban J connectivity index is 1.64. The SMILES string of the molecule is CON=C1CN(c2ncc(-c3cccc(COC(=O)CC(=N)N)c3F)cc2C(C)(C)OC2CCCCO2)C1. The van der Waals surface area contributed by atoms with Gasteiger partial charge in [0.2, 0.25) is 0 Å². The van der Waals surface area contributed by atoms with Gasteiger partial charge in [-0.05, 0) is 39.2 Å². The molecule has 4 rings (SSSR count). The van der Waals surface area contributed by atoms with Gasteiger partial charge in [0.05, 0.1) is 24.4 Å². The molecule has 11 heteroatoms. The van der Waals surface area contributed by atoms with Gasteiger partial charge in [0.25, 0.3) is 0 Å². The number of ether oxygens (including phenoxy) is 3. The van der Waals surface area contributed by atoms with Crippen molar-refractivity contribution in [2.45, 2.75) is 58.0 Å². The highest BCUT2D eigenvalue weighted by atomic mass is 19.1. The van der Waals surface area contributed by atoms with Gasteiger partial charge in [-0.1, -0.05) is 23.4 Å². The first-order valence-electron chi connectivity index (χ1n) is 12.6. The quantitative estimate of drug-likeness (QED) is 0.206. The van der Waals surface area contributed by atoms with Crippen LogP contribution in [0.2, 0.25) is 0 Å². The summed E-state index contributed by atoms with van der Waals surface area (Å²) < 4.78 is 32.9. The Morgan fingerprint density at radius 2 is 2.13 bits per heavy atom. The van der Waals surface area contributed by atoms with E-state index in [1.807, 2.05) is 19.9 Å². The number of amidine groups is 1. The molecule has 0 spiro atoms. The van der Waals surface area contributed by atoms with Crippen LogP contribution >= 0.6 is 0 Å². The van der Waals surface area contributed by atoms with E-state index in [2.05, 4.69) is 10.1 Å². The lowest BCUT2D eigenvalue weighted by Gasteiger charge is -2.39. The highest BCUT2D eigenvalue weighted by Crippen LogP contribution is 2.38. The molecule has 2 aliphatic rings. The van der Waals surface area contributed by atoms with Crippen molar-refractivity contribution in [3.8, 4) is 11.1 Å². The number of hydrogen-bond donors (Lipinski definition) is 2. The molecule has 2 aliphatic heterocycles. The third-order valence-corrected chi connectivity index (χ3v) is 6.46. The van der Waals surface area contributed by atoms with Crippen LogP contribution in [0.5, 0.6) is 0 Å². The molecule has 0 amide bonds. The molecule has 2 aromatic rings. The first-order chi connectivity index (χ1) is 18.2. The predicted octanol–water partition coefficient (Wildman–Crippen LogP) is 3.86. The predicted molar refractivity (Wildman–Crippen MR) is 140 cm³/mol. The van der Waals surface area contributed by atoms with Crippen molar-refractivity contribution >= 4 is 23.3 Å². The van der Waals surface area contributed by atoms with Crippen molar-refractivity contribution in [1.82, 2.24) is 4.98 Å². The van der Waals surface area contributed by atoms with Gasteiger partial charge in [-0.25, -0.2) is 9.37 Å². The molecule has 2 fully saturated rings. The zero-order chi connectivity index (χ0) is 27.3. The zero-order valence-electron chi connectivity index (χ0n) is 22.0. The average Bonchev–Trinajstić information content (AvgIpc) is 2.85. The minimum Gasteiger partial charge on any atom is -0.460 e. The monoisotopic (exact) mass is 527 g/mol. The van der Waals surface area contributed by atoms with Crippen LogP contribution in [-0.2, 0) is 36.1 Å². The van der Waals surface area contributed by atoms with Crippen molar-refractivity contribution in [3.05, 3.63) is 47.4 Å². The molecular formula is C27H34FN5O5. The fraction of sp³-hybridized carbons (Fsp3) is 0.481. The smallest absolute Gasteiger partial charge is 0.313 e. The Kier molecular flexibility index (Phi) is 8.58. The molecule has 38 heavy (non-hydrogen) atoms. The topological polar surface area (TPSA) is 132 Å². The lowest BCUT2D eigenvalue weighted by Crippen LogP contribution is -2.49. The number of anilines is 1. The number of nitrogens with zero attached hydrogens (tertiary/aromatic N) is 3. The fourth-order valence-corrected chi connectivity index (χ4v) is 4.51. The molecule has 10 nitrogen and oxygen atoms in total. The van der Waals surface area contributed by atoms with Crippen LogP contribution < -0.4 is 10.6 Å². The third-order valence-electron chi connectivity index (χ3n) is 6.46. The van der Waals surface area contributed by atoms with Crippen LogP contribution in [0.1, 0.15) is 50.7 Å². The number of carbonyl (C=O) groups is 1. The second kappa shape index (κ2) is 11.9. The number of rotatable bonds is 10. The highest BCUT2D eigenvalue weighted by molar-refractivity contribution is 5.99. The summed E-state index contributed by atoms with van der Waals surface area (Å²) in [6.07, 6.45) is 3.80. The maximum Gasteiger partial charge on any atom is 0.313 e. The van der Waals surface area contributed by atoms with Gasteiger partial charge in [-0.2, -0.15) is 0 Å². The number of hydrogen-bond acceptors (Lipinski definition) is 9. The Labute approximate surface area is 221 Å². The summed E-state index contributed by atoms with van der Waals surface area (Å²) in [5.41, 5.74) is 7.23. The number of benzene rings is 1. The van der Waals surface area contributed by atoms with Gasteiger partial charge in [0.1, 0.15) is 37.6 Å². The van der Waals surface area contributed by atoms with Crippen LogP contribution in [0.15, 0.2) is 35.6 Å². The summed E-state index contributed by atoms with van der Waals surface area (Å²) >= 11 is 0. The first-order valence-corrected chi connectivity index (χ1v) is 12.6. The van der Waals surface area contributed by atoms with E-state index in [4.69, 9.17) is 35.2 Å². The van der Waals surface area contributed by atoms with Crippen LogP contribution in [0.3, 0.4) is 0 Å². The summed E-state index contributed by atoms with van der Waals surface area (Å²) in [4.78, 5) is 23.5. The highest BCUT2D eigenvalue weighted by Gasteiger charge is 2.35. The minimum atomic E-state index is -0.787. The molecule has 0 aliphatic carbocycles. The number of esters is 1. The van der Waals surface area contributed by atoms with E-state index in [0.29, 0.717) is 30.8 Å². The van der Waals surface area contributed by atoms with Crippen LogP contribution in [0.25, 0.3) is 11.1 Å². The maximum absolute atomic E-state index is 15.6. The van der Waals surface area contributed by atoms with Gasteiger partial charge >= 0.3 is 5.97 Å². The zero-order valence-corrected chi connectivity index (χ0v) is 22.0. The van der Waals surface area contributed by atoms with E-state index >= 15 is 4.39 Å². The largest absolute Gasteiger partial charge is 0.460 e. The van der Waals surface area contributed by atoms with Crippen LogP contribution in [0, 0.1) is 11.2 Å². The molecule has 204 valence electrons. The number of halogens is 1. The molecule has 2 saturated heterocycles. The summed E-state index contributed by atoms with van der Waals surface area (Å²) in [5.74, 6) is -0.796. The van der Waals surface area contributed by atoms with E-state index in [9.17, 15) is 4.79 Å². The number of nitrogens with two attached hydrogens (primary N) is 1. The first kappa shape index (κ1) is 27.5. The van der Waals surface area contributed by atoms with Crippen molar-refractivity contribution < 1.29 is 28.2 Å². The standard InChI is InChI=1S/C27H34FN5O5/c1-27(2,38-24-9-4-5-10-36-24)21-11-18(13-31-26(21)33-14-19(15-33)32-35-3)20-8-6-7-17(25(20)28)16-37-23(34)12-22(29)30/h6-8,11,13,24H,4-5,9-10,12,14-16H2,1-3H3,(H3,29,30). The molecule has 3 heterocycles. The van der Waals surface area contributed by atoms with Gasteiger partial charge in [0.15, 0.2) is 6.29 Å². The molecule has 3 N–H and O–H groups in total. The van der Waals surface area contributed by atoms with E-state index in [1.165, 1.54) is 7.11 Å². The number of oxime groups is 1. The summed E-state index contributed by atoms with van der Waals surface area (Å²) in [6, 6.07) is 6.79. The van der Waals surface area contributed by atoms with Gasteiger partial charge in [0, 0.05) is 35.1 Å². The fourth-order valence-electron chi connectivity index (χ4n) is 4.51. The molecular weight excluding hydrogens is 493 g/mol. The van der Waals surface area contributed by atoms with Crippen molar-refractivity contribution in [2.24, 2.45) is 10.9 Å². The van der Waals surface area contributed by atoms with Gasteiger partial charge in [-0.3, -0.25) is 10.2 Å². The molecule has 1 aromatic carbocycles. The Morgan fingerprint density at radius 1 is 1.34 bits per heavy atom. The molecule has 1 unspecified atom stereocenters. The van der Waals surface area contributed by atoms with Crippen molar-refractivity contribution in [3.63, 3.8) is 0 Å². The summed E-state index contributed by atoms with van der Waals surface area (Å²) in [5, 5.41) is 11.2. The second-order valence-electron chi connectivity index (χ2n) is 9.86. The Hall–Kier alpha value is -3.57. The molecule has 1 atom stereocenters. The summed E-state index contributed by atoms with van der Waals surface area (Å²) in [6.45, 7) is 5.44. The van der Waals surface area contributed by atoms with E-state index in [0.717, 1.165) is 36.4 Å². The number of pyridine rings is 1. The Morgan fingerprint density at radius 3 is 2.82 bits per heavy atom. The summed E-state index contributed by atoms with van der Waals surface area (Å²) in [7, 11) is 1.52. The van der Waals surface area contributed by atoms with Crippen molar-refractivity contribution in [2.75, 3.05) is 31.7 Å². The van der Waals surface area contributed by atoms with Gasteiger partial charge in [-0.15, -0.1) is 0 Å². The molecule has 0 bridgehead atoms. The van der Waals surface area contributed by atoms with Crippen molar-refractivity contribution in [1.29, 1.82) is 5.41 Å². The van der Waals surface area contributed by atoms with Crippen LogP contribution in [0.4, 0.5) is 10.2 Å². The maximum atomic E-state index is 15.6. The normalized spacial score (nSPS) is 17.5. The average molecular weight is 528 g/mol. The van der Waals surface area contributed by atoms with E-state index in [1.54, 1.807) is 24.4 Å². The van der Waals surface area contributed by atoms with Crippen LogP contribution in [-0.4, -0.2) is 55.6 Å². The lowest BCUT2D eigenvalue weighted by molar-refractivity contribution is -0.218. The third kappa shape index (κ3) is 6.46. The number of nitrogens with one attached hydrogen (secondary N) is 1. The van der Waals surface area contributed by atoms with E-state index in [-0.39, 0.29) is 30.7 Å². The second-order valence-corrected chi connectivity index (χ2v) is 9.86. The molecule has 0 radical (unpaired) electrons. The number of carbonyl (C=O) groups excluding carboxylic acids is 1. The minimum absolute atomic E-state index is 0.208. The number of aromatic nitrogens is 1. The Bertz CT molecular complexity index is 1200. The van der Waals surface area contributed by atoms with Gasteiger partial charge < -0.3 is 29.7 Å². The van der Waals surface area contributed by atoms with E-state index < -0.39 is 17.4 Å². The lowest BCUT2D eigenvalue weighted by atomic mass is 9.93.